The van der Waals surface area contributed by atoms with Crippen LogP contribution >= 0.6 is 27.3 Å². The maximum absolute atomic E-state index is 5.57. The third-order valence-electron chi connectivity index (χ3n) is 2.00. The molecule has 0 saturated heterocycles. The number of nitrogens with two attached hydrogens (primary N) is 1. The number of benzene rings is 1. The number of hydrogen-bond acceptors (Lipinski definition) is 2. The van der Waals surface area contributed by atoms with Crippen LogP contribution in [0, 0.1) is 0 Å². The van der Waals surface area contributed by atoms with Gasteiger partial charge in [-0.3, -0.25) is 0 Å². The molecule has 2 N–H and O–H groups in total. The minimum Gasteiger partial charge on any atom is -0.326 e. The summed E-state index contributed by atoms with van der Waals surface area (Å²) in [5, 5.41) is 2.11. The van der Waals surface area contributed by atoms with E-state index in [1.165, 1.54) is 16.0 Å². The van der Waals surface area contributed by atoms with E-state index >= 15 is 0 Å². The summed E-state index contributed by atoms with van der Waals surface area (Å²) < 4.78 is 1.11. The fraction of sp³-hybridized carbons (Fsp3) is 0.0909. The van der Waals surface area contributed by atoms with Crippen molar-refractivity contribution in [3.05, 3.63) is 45.7 Å². The molecule has 0 saturated carbocycles. The smallest absolute Gasteiger partial charge is 0.0346 e. The Labute approximate surface area is 95.7 Å². The van der Waals surface area contributed by atoms with E-state index in [4.69, 9.17) is 5.73 Å². The molecule has 2 rings (SSSR count). The fourth-order valence-corrected chi connectivity index (χ4v) is 2.60. The highest BCUT2D eigenvalue weighted by Gasteiger charge is 2.01. The van der Waals surface area contributed by atoms with Crippen molar-refractivity contribution < 1.29 is 0 Å². The van der Waals surface area contributed by atoms with Crippen molar-refractivity contribution >= 4 is 27.3 Å². The lowest BCUT2D eigenvalue weighted by Gasteiger charge is -1.97. The Morgan fingerprint density at radius 1 is 1.29 bits per heavy atom. The van der Waals surface area contributed by atoms with E-state index in [0.29, 0.717) is 6.54 Å². The SMILES string of the molecule is NCc1csc(-c2cccc(Br)c2)c1. The second-order valence-corrected chi connectivity index (χ2v) is 4.86. The van der Waals surface area contributed by atoms with Crippen molar-refractivity contribution in [3.63, 3.8) is 0 Å². The van der Waals surface area contributed by atoms with Gasteiger partial charge in [0.2, 0.25) is 0 Å². The molecule has 1 nitrogen and oxygen atoms in total. The number of thiophene rings is 1. The van der Waals surface area contributed by atoms with E-state index in [1.54, 1.807) is 11.3 Å². The van der Waals surface area contributed by atoms with Gasteiger partial charge >= 0.3 is 0 Å². The molecular weight excluding hydrogens is 258 g/mol. The molecular formula is C11H10BrNS. The summed E-state index contributed by atoms with van der Waals surface area (Å²) in [5.41, 5.74) is 8.01. The number of hydrogen-bond donors (Lipinski definition) is 1. The van der Waals surface area contributed by atoms with Gasteiger partial charge in [-0.1, -0.05) is 28.1 Å². The molecule has 0 spiro atoms. The van der Waals surface area contributed by atoms with Gasteiger partial charge in [-0.25, -0.2) is 0 Å². The average molecular weight is 268 g/mol. The van der Waals surface area contributed by atoms with Gasteiger partial charge in [-0.15, -0.1) is 11.3 Å². The lowest BCUT2D eigenvalue weighted by atomic mass is 10.2. The summed E-state index contributed by atoms with van der Waals surface area (Å²) >= 11 is 5.20. The van der Waals surface area contributed by atoms with E-state index in [2.05, 4.69) is 39.5 Å². The first-order valence-electron chi connectivity index (χ1n) is 4.33. The molecule has 2 aromatic rings. The monoisotopic (exact) mass is 267 g/mol. The molecule has 0 unspecified atom stereocenters. The van der Waals surface area contributed by atoms with Crippen LogP contribution in [0.3, 0.4) is 0 Å². The first-order valence-corrected chi connectivity index (χ1v) is 6.00. The molecule has 1 aromatic carbocycles. The van der Waals surface area contributed by atoms with Crippen LogP contribution < -0.4 is 5.73 Å². The van der Waals surface area contributed by atoms with Gasteiger partial charge in [0, 0.05) is 15.9 Å². The van der Waals surface area contributed by atoms with Crippen LogP contribution in [0.4, 0.5) is 0 Å². The van der Waals surface area contributed by atoms with Crippen LogP contribution in [0.15, 0.2) is 40.2 Å². The predicted octanol–water partition coefficient (Wildman–Crippen LogP) is 3.64. The van der Waals surface area contributed by atoms with E-state index in [-0.39, 0.29) is 0 Å². The van der Waals surface area contributed by atoms with Crippen LogP contribution in [0.1, 0.15) is 5.56 Å². The molecule has 0 fully saturated rings. The Hall–Kier alpha value is -0.640. The molecule has 0 atom stereocenters. The molecule has 0 aliphatic carbocycles. The van der Waals surface area contributed by atoms with Crippen molar-refractivity contribution in [1.29, 1.82) is 0 Å². The first kappa shape index (κ1) is 9.90. The Kier molecular flexibility index (Phi) is 3.01. The van der Waals surface area contributed by atoms with E-state index in [0.717, 1.165) is 4.47 Å². The van der Waals surface area contributed by atoms with Crippen LogP contribution in [0.25, 0.3) is 10.4 Å². The van der Waals surface area contributed by atoms with Crippen molar-refractivity contribution in [2.45, 2.75) is 6.54 Å². The van der Waals surface area contributed by atoms with Crippen molar-refractivity contribution in [3.8, 4) is 10.4 Å². The van der Waals surface area contributed by atoms with Crippen LogP contribution in [-0.4, -0.2) is 0 Å². The molecule has 0 amide bonds. The molecule has 14 heavy (non-hydrogen) atoms. The average Bonchev–Trinajstić information content (AvgIpc) is 2.66. The first-order chi connectivity index (χ1) is 6.79. The van der Waals surface area contributed by atoms with Crippen LogP contribution in [0.5, 0.6) is 0 Å². The Bertz CT molecular complexity index is 436. The van der Waals surface area contributed by atoms with E-state index in [1.807, 2.05) is 12.1 Å². The third kappa shape index (κ3) is 2.05. The normalized spacial score (nSPS) is 10.4. The van der Waals surface area contributed by atoms with E-state index in [9.17, 15) is 0 Å². The van der Waals surface area contributed by atoms with E-state index < -0.39 is 0 Å². The van der Waals surface area contributed by atoms with Gasteiger partial charge in [-0.05, 0) is 34.7 Å². The molecule has 1 aromatic heterocycles. The fourth-order valence-electron chi connectivity index (χ4n) is 1.28. The summed E-state index contributed by atoms with van der Waals surface area (Å²) in [6, 6.07) is 10.4. The van der Waals surface area contributed by atoms with Gasteiger partial charge in [0.1, 0.15) is 0 Å². The maximum atomic E-state index is 5.57. The highest BCUT2D eigenvalue weighted by atomic mass is 79.9. The van der Waals surface area contributed by atoms with Gasteiger partial charge in [0.15, 0.2) is 0 Å². The largest absolute Gasteiger partial charge is 0.326 e. The number of rotatable bonds is 2. The number of halogens is 1. The summed E-state index contributed by atoms with van der Waals surface area (Å²) in [7, 11) is 0. The predicted molar refractivity (Wildman–Crippen MR) is 65.3 cm³/mol. The summed E-state index contributed by atoms with van der Waals surface area (Å²) in [5.74, 6) is 0. The lowest BCUT2D eigenvalue weighted by molar-refractivity contribution is 1.08. The minimum absolute atomic E-state index is 0.616. The molecule has 0 aliphatic heterocycles. The lowest BCUT2D eigenvalue weighted by Crippen LogP contribution is -1.92. The topological polar surface area (TPSA) is 26.0 Å². The Morgan fingerprint density at radius 2 is 2.14 bits per heavy atom. The van der Waals surface area contributed by atoms with Crippen molar-refractivity contribution in [2.24, 2.45) is 5.73 Å². The van der Waals surface area contributed by atoms with Gasteiger partial charge in [0.05, 0.1) is 0 Å². The van der Waals surface area contributed by atoms with Gasteiger partial charge in [-0.2, -0.15) is 0 Å². The van der Waals surface area contributed by atoms with Gasteiger partial charge < -0.3 is 5.73 Å². The minimum atomic E-state index is 0.616. The second kappa shape index (κ2) is 4.26. The zero-order valence-corrected chi connectivity index (χ0v) is 9.94. The molecule has 0 radical (unpaired) electrons. The molecule has 0 bridgehead atoms. The quantitative estimate of drug-likeness (QED) is 0.884. The summed E-state index contributed by atoms with van der Waals surface area (Å²) in [6.07, 6.45) is 0. The molecule has 3 heteroatoms. The summed E-state index contributed by atoms with van der Waals surface area (Å²) in [6.45, 7) is 0.616. The van der Waals surface area contributed by atoms with Crippen LogP contribution in [-0.2, 0) is 6.54 Å². The Morgan fingerprint density at radius 3 is 2.79 bits per heavy atom. The second-order valence-electron chi connectivity index (χ2n) is 3.03. The summed E-state index contributed by atoms with van der Waals surface area (Å²) in [4.78, 5) is 1.27. The van der Waals surface area contributed by atoms with Crippen molar-refractivity contribution in [1.82, 2.24) is 0 Å². The molecule has 72 valence electrons. The maximum Gasteiger partial charge on any atom is 0.0346 e. The van der Waals surface area contributed by atoms with Gasteiger partial charge in [0.25, 0.3) is 0 Å². The van der Waals surface area contributed by atoms with Crippen LogP contribution in [0.2, 0.25) is 0 Å². The molecule has 0 aliphatic rings. The highest BCUT2D eigenvalue weighted by Crippen LogP contribution is 2.28. The Balaban J connectivity index is 2.39. The zero-order valence-electron chi connectivity index (χ0n) is 7.53. The standard InChI is InChI=1S/C11H10BrNS/c12-10-3-1-2-9(5-10)11-4-8(6-13)7-14-11/h1-5,7H,6,13H2. The zero-order chi connectivity index (χ0) is 9.97. The molecule has 1 heterocycles. The highest BCUT2D eigenvalue weighted by molar-refractivity contribution is 9.10. The third-order valence-corrected chi connectivity index (χ3v) is 3.52. The van der Waals surface area contributed by atoms with Crippen molar-refractivity contribution in [2.75, 3.05) is 0 Å².